The van der Waals surface area contributed by atoms with E-state index < -0.39 is 0 Å². The summed E-state index contributed by atoms with van der Waals surface area (Å²) in [6.45, 7) is 1.43. The summed E-state index contributed by atoms with van der Waals surface area (Å²) in [5.74, 6) is 0.585. The fourth-order valence-corrected chi connectivity index (χ4v) is 3.28. The van der Waals surface area contributed by atoms with Gasteiger partial charge in [0.2, 0.25) is 5.91 Å². The van der Waals surface area contributed by atoms with Crippen molar-refractivity contribution in [3.05, 3.63) is 42.0 Å². The Bertz CT molecular complexity index is 984. The second-order valence-corrected chi connectivity index (χ2v) is 6.44. The molecule has 0 aliphatic rings. The van der Waals surface area contributed by atoms with Gasteiger partial charge in [-0.2, -0.15) is 0 Å². The van der Waals surface area contributed by atoms with Crippen molar-refractivity contribution in [2.45, 2.75) is 6.92 Å². The van der Waals surface area contributed by atoms with Gasteiger partial charge < -0.3 is 20.1 Å². The van der Waals surface area contributed by atoms with Crippen molar-refractivity contribution < 1.29 is 19.1 Å². The van der Waals surface area contributed by atoms with Crippen molar-refractivity contribution in [3.8, 4) is 11.5 Å². The minimum atomic E-state index is -0.275. The number of fused-ring (bicyclic) bond motifs is 1. The lowest BCUT2D eigenvalue weighted by Gasteiger charge is -2.10. The van der Waals surface area contributed by atoms with E-state index in [0.29, 0.717) is 33.4 Å². The smallest absolute Gasteiger partial charge is 0.255 e. The molecule has 0 saturated heterocycles. The first-order valence-corrected chi connectivity index (χ1v) is 8.53. The van der Waals surface area contributed by atoms with Gasteiger partial charge in [0.15, 0.2) is 16.6 Å². The lowest BCUT2D eigenvalue weighted by atomic mass is 10.2. The topological polar surface area (TPSA) is 89.6 Å². The number of carbonyl (C=O) groups is 2. The van der Waals surface area contributed by atoms with Crippen molar-refractivity contribution in [1.82, 2.24) is 4.98 Å². The lowest BCUT2D eigenvalue weighted by molar-refractivity contribution is -0.114. The number of ether oxygens (including phenoxy) is 2. The van der Waals surface area contributed by atoms with Gasteiger partial charge in [-0.15, -0.1) is 0 Å². The summed E-state index contributed by atoms with van der Waals surface area (Å²) in [5, 5.41) is 6.01. The predicted molar refractivity (Wildman–Crippen MR) is 101 cm³/mol. The van der Waals surface area contributed by atoms with E-state index in [9.17, 15) is 9.59 Å². The Kier molecular flexibility index (Phi) is 5.04. The molecule has 0 unspecified atom stereocenters. The number of anilines is 2. The molecule has 3 rings (SSSR count). The van der Waals surface area contributed by atoms with E-state index in [-0.39, 0.29) is 11.8 Å². The number of amides is 2. The Balaban J connectivity index is 1.81. The molecule has 26 heavy (non-hydrogen) atoms. The van der Waals surface area contributed by atoms with Gasteiger partial charge in [0.1, 0.15) is 0 Å². The van der Waals surface area contributed by atoms with Crippen molar-refractivity contribution in [2.75, 3.05) is 24.9 Å². The molecule has 0 bridgehead atoms. The molecule has 1 aromatic heterocycles. The molecule has 2 aromatic carbocycles. The maximum atomic E-state index is 12.5. The maximum absolute atomic E-state index is 12.5. The van der Waals surface area contributed by atoms with E-state index in [0.717, 1.165) is 4.70 Å². The van der Waals surface area contributed by atoms with Crippen molar-refractivity contribution in [3.63, 3.8) is 0 Å². The number of nitrogens with zero attached hydrogens (tertiary/aromatic N) is 1. The largest absolute Gasteiger partial charge is 0.493 e. The summed E-state index contributed by atoms with van der Waals surface area (Å²) in [7, 11) is 3.05. The average molecular weight is 371 g/mol. The summed E-state index contributed by atoms with van der Waals surface area (Å²) in [6.07, 6.45) is 0. The van der Waals surface area contributed by atoms with Crippen LogP contribution in [0.5, 0.6) is 11.5 Å². The van der Waals surface area contributed by atoms with E-state index in [1.165, 1.54) is 32.5 Å². The Morgan fingerprint density at radius 2 is 1.77 bits per heavy atom. The summed E-state index contributed by atoms with van der Waals surface area (Å²) in [6, 6.07) is 10.4. The van der Waals surface area contributed by atoms with Gasteiger partial charge in [-0.3, -0.25) is 9.59 Å². The molecule has 0 saturated carbocycles. The van der Waals surface area contributed by atoms with Crippen LogP contribution < -0.4 is 20.1 Å². The number of methoxy groups -OCH3 is 2. The molecule has 134 valence electrons. The molecule has 2 N–H and O–H groups in total. The third-order valence-electron chi connectivity index (χ3n) is 3.57. The molecule has 0 fully saturated rings. The van der Waals surface area contributed by atoms with E-state index in [1.54, 1.807) is 30.3 Å². The summed E-state index contributed by atoms with van der Waals surface area (Å²) in [4.78, 5) is 28.0. The minimum Gasteiger partial charge on any atom is -0.493 e. The van der Waals surface area contributed by atoms with E-state index in [4.69, 9.17) is 9.47 Å². The van der Waals surface area contributed by atoms with Crippen LogP contribution in [-0.4, -0.2) is 31.0 Å². The van der Waals surface area contributed by atoms with Gasteiger partial charge in [0, 0.05) is 18.2 Å². The second-order valence-electron chi connectivity index (χ2n) is 5.41. The molecular formula is C18H17N3O4S. The van der Waals surface area contributed by atoms with Crippen LogP contribution in [-0.2, 0) is 4.79 Å². The normalized spacial score (nSPS) is 10.4. The molecule has 1 heterocycles. The summed E-state index contributed by atoms with van der Waals surface area (Å²) < 4.78 is 11.3. The van der Waals surface area contributed by atoms with Crippen LogP contribution in [0.4, 0.5) is 10.8 Å². The summed E-state index contributed by atoms with van der Waals surface area (Å²) in [5.41, 5.74) is 1.75. The zero-order valence-electron chi connectivity index (χ0n) is 14.5. The number of aromatic nitrogens is 1. The fourth-order valence-electron chi connectivity index (χ4n) is 2.39. The molecule has 2 amide bonds. The highest BCUT2D eigenvalue weighted by Crippen LogP contribution is 2.30. The standard InChI is InChI=1S/C18H17N3O4S/c1-10(22)19-18-21-13-9-12(5-7-16(13)26-18)20-17(23)11-4-6-14(24-2)15(8-11)25-3/h4-9H,1-3H3,(H,20,23)(H,19,21,22). The Morgan fingerprint density at radius 3 is 2.46 bits per heavy atom. The molecule has 0 radical (unpaired) electrons. The number of hydrogen-bond donors (Lipinski definition) is 2. The van der Waals surface area contributed by atoms with Gasteiger partial charge in [-0.05, 0) is 36.4 Å². The van der Waals surface area contributed by atoms with E-state index in [2.05, 4.69) is 15.6 Å². The molecule has 8 heteroatoms. The first-order chi connectivity index (χ1) is 12.5. The van der Waals surface area contributed by atoms with Gasteiger partial charge in [0.25, 0.3) is 5.91 Å². The zero-order chi connectivity index (χ0) is 18.7. The number of hydrogen-bond acceptors (Lipinski definition) is 6. The Hall–Kier alpha value is -3.13. The number of benzene rings is 2. The lowest BCUT2D eigenvalue weighted by Crippen LogP contribution is -2.12. The molecule has 0 aliphatic carbocycles. The first kappa shape index (κ1) is 17.7. The van der Waals surface area contributed by atoms with Crippen LogP contribution >= 0.6 is 11.3 Å². The molecule has 0 aliphatic heterocycles. The van der Waals surface area contributed by atoms with E-state index >= 15 is 0 Å². The van der Waals surface area contributed by atoms with Crippen LogP contribution in [0.1, 0.15) is 17.3 Å². The highest BCUT2D eigenvalue weighted by atomic mass is 32.1. The van der Waals surface area contributed by atoms with Crippen LogP contribution in [0.2, 0.25) is 0 Å². The second kappa shape index (κ2) is 7.40. The average Bonchev–Trinajstić information content (AvgIpc) is 3.01. The summed E-state index contributed by atoms with van der Waals surface area (Å²) >= 11 is 1.37. The van der Waals surface area contributed by atoms with E-state index in [1.807, 2.05) is 6.07 Å². The molecule has 0 atom stereocenters. The van der Waals surface area contributed by atoms with Gasteiger partial charge in [-0.25, -0.2) is 4.98 Å². The SMILES string of the molecule is COc1ccc(C(=O)Nc2ccc3sc(NC(C)=O)nc3c2)cc1OC. The number of thiazole rings is 1. The Morgan fingerprint density at radius 1 is 1.00 bits per heavy atom. The van der Waals surface area contributed by atoms with Gasteiger partial charge in [0.05, 0.1) is 24.4 Å². The number of carbonyl (C=O) groups excluding carboxylic acids is 2. The third-order valence-corrected chi connectivity index (χ3v) is 4.53. The highest BCUT2D eigenvalue weighted by Gasteiger charge is 2.12. The highest BCUT2D eigenvalue weighted by molar-refractivity contribution is 7.22. The zero-order valence-corrected chi connectivity index (χ0v) is 15.3. The number of rotatable bonds is 5. The van der Waals surface area contributed by atoms with Crippen LogP contribution in [0.3, 0.4) is 0 Å². The molecular weight excluding hydrogens is 354 g/mol. The predicted octanol–water partition coefficient (Wildman–Crippen LogP) is 3.52. The van der Waals surface area contributed by atoms with Crippen LogP contribution in [0.25, 0.3) is 10.2 Å². The monoisotopic (exact) mass is 371 g/mol. The maximum Gasteiger partial charge on any atom is 0.255 e. The minimum absolute atomic E-state index is 0.175. The van der Waals surface area contributed by atoms with Crippen LogP contribution in [0, 0.1) is 0 Å². The molecule has 3 aromatic rings. The fraction of sp³-hybridized carbons (Fsp3) is 0.167. The number of nitrogens with one attached hydrogen (secondary N) is 2. The Labute approximate surface area is 154 Å². The van der Waals surface area contributed by atoms with Crippen LogP contribution in [0.15, 0.2) is 36.4 Å². The van der Waals surface area contributed by atoms with Gasteiger partial charge in [-0.1, -0.05) is 11.3 Å². The van der Waals surface area contributed by atoms with Gasteiger partial charge >= 0.3 is 0 Å². The molecule has 0 spiro atoms. The quantitative estimate of drug-likeness (QED) is 0.716. The van der Waals surface area contributed by atoms with Crippen molar-refractivity contribution in [2.24, 2.45) is 0 Å². The third kappa shape index (κ3) is 3.75. The molecule has 7 nitrogen and oxygen atoms in total. The van der Waals surface area contributed by atoms with Crippen molar-refractivity contribution >= 4 is 44.2 Å². The van der Waals surface area contributed by atoms with Crippen molar-refractivity contribution in [1.29, 1.82) is 0 Å². The first-order valence-electron chi connectivity index (χ1n) is 7.71.